The molecule has 3 aromatic rings. The van der Waals surface area contributed by atoms with Gasteiger partial charge in [-0.15, -0.1) is 0 Å². The maximum absolute atomic E-state index is 2.36. The van der Waals surface area contributed by atoms with Gasteiger partial charge in [0.2, 0.25) is 0 Å². The zero-order chi connectivity index (χ0) is 16.2. The maximum atomic E-state index is 2.36. The normalized spacial score (nSPS) is 11.5. The minimum absolute atomic E-state index is 0.935. The van der Waals surface area contributed by atoms with Gasteiger partial charge in [0.1, 0.15) is 0 Å². The standard InChI is InChI=1S/C21H26N2/c1-17-6-8-19(9-7-17)16-23-14-12-20-11-10-18(15-21(20)23)5-4-13-22(2)3/h6-12,14-15H,4-5,13,16H2,1-3H3. The van der Waals surface area contributed by atoms with Crippen LogP contribution in [0.4, 0.5) is 0 Å². The molecule has 0 radical (unpaired) electrons. The Labute approximate surface area is 139 Å². The van der Waals surface area contributed by atoms with E-state index in [1.165, 1.54) is 34.0 Å². The largest absolute Gasteiger partial charge is 0.343 e. The summed E-state index contributed by atoms with van der Waals surface area (Å²) in [5.41, 5.74) is 5.44. The Kier molecular flexibility index (Phi) is 4.82. The Morgan fingerprint density at radius 2 is 1.65 bits per heavy atom. The van der Waals surface area contributed by atoms with Crippen LogP contribution < -0.4 is 0 Å². The summed E-state index contributed by atoms with van der Waals surface area (Å²) in [5.74, 6) is 0. The first-order chi connectivity index (χ1) is 11.1. The molecule has 2 aromatic carbocycles. The summed E-state index contributed by atoms with van der Waals surface area (Å²) in [6.45, 7) is 4.21. The van der Waals surface area contributed by atoms with E-state index in [2.05, 4.69) is 85.2 Å². The molecule has 0 bridgehead atoms. The number of aryl methyl sites for hydroxylation is 2. The molecule has 0 saturated heterocycles. The van der Waals surface area contributed by atoms with Crippen LogP contribution >= 0.6 is 0 Å². The van der Waals surface area contributed by atoms with Crippen LogP contribution in [0.15, 0.2) is 54.7 Å². The Bertz CT molecular complexity index is 766. The lowest BCUT2D eigenvalue weighted by Crippen LogP contribution is -2.13. The Hall–Kier alpha value is -2.06. The molecule has 0 aliphatic heterocycles. The molecule has 120 valence electrons. The Balaban J connectivity index is 1.79. The second kappa shape index (κ2) is 7.01. The highest BCUT2D eigenvalue weighted by Gasteiger charge is 2.04. The van der Waals surface area contributed by atoms with E-state index >= 15 is 0 Å². The zero-order valence-electron chi connectivity index (χ0n) is 14.4. The first kappa shape index (κ1) is 15.8. The molecule has 0 N–H and O–H groups in total. The number of hydrogen-bond donors (Lipinski definition) is 0. The van der Waals surface area contributed by atoms with Crippen LogP contribution in [0.2, 0.25) is 0 Å². The lowest BCUT2D eigenvalue weighted by molar-refractivity contribution is 0.400. The van der Waals surface area contributed by atoms with Gasteiger partial charge in [-0.2, -0.15) is 0 Å². The highest BCUT2D eigenvalue weighted by atomic mass is 15.0. The molecule has 1 heterocycles. The van der Waals surface area contributed by atoms with Gasteiger partial charge in [-0.3, -0.25) is 0 Å². The maximum Gasteiger partial charge on any atom is 0.0486 e. The molecule has 2 heteroatoms. The number of aromatic nitrogens is 1. The number of hydrogen-bond acceptors (Lipinski definition) is 1. The summed E-state index contributed by atoms with van der Waals surface area (Å²) in [6.07, 6.45) is 4.55. The van der Waals surface area contributed by atoms with Crippen LogP contribution in [0.25, 0.3) is 10.9 Å². The fraction of sp³-hybridized carbons (Fsp3) is 0.333. The quantitative estimate of drug-likeness (QED) is 0.651. The summed E-state index contributed by atoms with van der Waals surface area (Å²) in [4.78, 5) is 2.25. The number of fused-ring (bicyclic) bond motifs is 1. The fourth-order valence-corrected chi connectivity index (χ4v) is 3.01. The topological polar surface area (TPSA) is 8.17 Å². The van der Waals surface area contributed by atoms with Crippen LogP contribution in [0.3, 0.4) is 0 Å². The van der Waals surface area contributed by atoms with Gasteiger partial charge in [-0.05, 0) is 69.1 Å². The van der Waals surface area contributed by atoms with Crippen LogP contribution in [0.5, 0.6) is 0 Å². The van der Waals surface area contributed by atoms with E-state index in [0.29, 0.717) is 0 Å². The van der Waals surface area contributed by atoms with E-state index in [1.807, 2.05) is 0 Å². The van der Waals surface area contributed by atoms with Gasteiger partial charge < -0.3 is 9.47 Å². The average Bonchev–Trinajstić information content (AvgIpc) is 2.92. The molecule has 0 unspecified atom stereocenters. The van der Waals surface area contributed by atoms with Gasteiger partial charge in [0.15, 0.2) is 0 Å². The summed E-state index contributed by atoms with van der Waals surface area (Å²) < 4.78 is 2.36. The average molecular weight is 306 g/mol. The first-order valence-electron chi connectivity index (χ1n) is 8.40. The van der Waals surface area contributed by atoms with Gasteiger partial charge in [-0.1, -0.05) is 42.0 Å². The van der Waals surface area contributed by atoms with E-state index in [-0.39, 0.29) is 0 Å². The third kappa shape index (κ3) is 4.02. The molecule has 0 amide bonds. The molecule has 1 aromatic heterocycles. The van der Waals surface area contributed by atoms with Crippen LogP contribution in [-0.2, 0) is 13.0 Å². The molecule has 23 heavy (non-hydrogen) atoms. The van der Waals surface area contributed by atoms with E-state index in [0.717, 1.165) is 19.5 Å². The third-order valence-corrected chi connectivity index (χ3v) is 4.38. The minimum Gasteiger partial charge on any atom is -0.343 e. The van der Waals surface area contributed by atoms with E-state index in [9.17, 15) is 0 Å². The zero-order valence-corrected chi connectivity index (χ0v) is 14.4. The lowest BCUT2D eigenvalue weighted by atomic mass is 10.1. The monoisotopic (exact) mass is 306 g/mol. The Morgan fingerprint density at radius 1 is 0.913 bits per heavy atom. The summed E-state index contributed by atoms with van der Waals surface area (Å²) in [5, 5.41) is 1.33. The lowest BCUT2D eigenvalue weighted by Gasteiger charge is -2.10. The highest BCUT2D eigenvalue weighted by molar-refractivity contribution is 5.81. The minimum atomic E-state index is 0.935. The highest BCUT2D eigenvalue weighted by Crippen LogP contribution is 2.20. The second-order valence-electron chi connectivity index (χ2n) is 6.73. The van der Waals surface area contributed by atoms with Gasteiger partial charge in [0.25, 0.3) is 0 Å². The third-order valence-electron chi connectivity index (χ3n) is 4.38. The van der Waals surface area contributed by atoms with Crippen molar-refractivity contribution in [2.24, 2.45) is 0 Å². The van der Waals surface area contributed by atoms with Gasteiger partial charge in [0.05, 0.1) is 0 Å². The fourth-order valence-electron chi connectivity index (χ4n) is 3.01. The summed E-state index contributed by atoms with van der Waals surface area (Å²) >= 11 is 0. The van der Waals surface area contributed by atoms with Crippen LogP contribution in [-0.4, -0.2) is 30.1 Å². The van der Waals surface area contributed by atoms with Crippen molar-refractivity contribution >= 4 is 10.9 Å². The number of nitrogens with zero attached hydrogens (tertiary/aromatic N) is 2. The van der Waals surface area contributed by atoms with Crippen molar-refractivity contribution in [2.75, 3.05) is 20.6 Å². The van der Waals surface area contributed by atoms with Crippen molar-refractivity contribution in [3.63, 3.8) is 0 Å². The molecule has 0 fully saturated rings. The molecule has 2 nitrogen and oxygen atoms in total. The van der Waals surface area contributed by atoms with Crippen molar-refractivity contribution in [1.29, 1.82) is 0 Å². The first-order valence-corrected chi connectivity index (χ1v) is 8.40. The second-order valence-corrected chi connectivity index (χ2v) is 6.73. The molecule has 0 aliphatic carbocycles. The predicted octanol–water partition coefficient (Wildman–Crippen LogP) is 4.49. The van der Waals surface area contributed by atoms with Crippen molar-refractivity contribution < 1.29 is 0 Å². The van der Waals surface area contributed by atoms with Crippen molar-refractivity contribution in [3.8, 4) is 0 Å². The molecule has 0 atom stereocenters. The van der Waals surface area contributed by atoms with Gasteiger partial charge in [0, 0.05) is 18.3 Å². The molecule has 0 saturated carbocycles. The van der Waals surface area contributed by atoms with Gasteiger partial charge >= 0.3 is 0 Å². The predicted molar refractivity (Wildman–Crippen MR) is 99.1 cm³/mol. The molecule has 0 aliphatic rings. The molecule has 0 spiro atoms. The molecular weight excluding hydrogens is 280 g/mol. The smallest absolute Gasteiger partial charge is 0.0486 e. The van der Waals surface area contributed by atoms with Crippen LogP contribution in [0.1, 0.15) is 23.1 Å². The van der Waals surface area contributed by atoms with Gasteiger partial charge in [-0.25, -0.2) is 0 Å². The van der Waals surface area contributed by atoms with Crippen molar-refractivity contribution in [1.82, 2.24) is 9.47 Å². The summed E-state index contributed by atoms with van der Waals surface area (Å²) in [6, 6.07) is 17.9. The molecular formula is C21H26N2. The summed E-state index contributed by atoms with van der Waals surface area (Å²) in [7, 11) is 4.27. The van der Waals surface area contributed by atoms with Crippen molar-refractivity contribution in [3.05, 3.63) is 71.4 Å². The number of benzene rings is 2. The van der Waals surface area contributed by atoms with Crippen molar-refractivity contribution in [2.45, 2.75) is 26.3 Å². The SMILES string of the molecule is Cc1ccc(Cn2ccc3ccc(CCCN(C)C)cc32)cc1. The van der Waals surface area contributed by atoms with E-state index in [4.69, 9.17) is 0 Å². The Morgan fingerprint density at radius 3 is 2.39 bits per heavy atom. The van der Waals surface area contributed by atoms with E-state index < -0.39 is 0 Å². The number of rotatable bonds is 6. The van der Waals surface area contributed by atoms with E-state index in [1.54, 1.807) is 0 Å². The molecule has 3 rings (SSSR count). The van der Waals surface area contributed by atoms with Crippen LogP contribution in [0, 0.1) is 6.92 Å².